The summed E-state index contributed by atoms with van der Waals surface area (Å²) in [6, 6.07) is 4.94. The van der Waals surface area contributed by atoms with Crippen molar-refractivity contribution in [3.05, 3.63) is 23.6 Å². The van der Waals surface area contributed by atoms with E-state index >= 15 is 0 Å². The largest absolute Gasteiger partial charge is 0.507 e. The van der Waals surface area contributed by atoms with Gasteiger partial charge in [0.05, 0.1) is 12.8 Å². The monoisotopic (exact) mass is 298 g/mol. The second-order valence-corrected chi connectivity index (χ2v) is 4.73. The summed E-state index contributed by atoms with van der Waals surface area (Å²) in [6.45, 7) is 0. The van der Waals surface area contributed by atoms with Gasteiger partial charge in [0.25, 0.3) is 0 Å². The SMILES string of the molecule is COc1ccc(-c2csc(NC(=O)CCl)n2)c(O)c1. The normalized spacial score (nSPS) is 10.2. The molecule has 19 heavy (non-hydrogen) atoms. The third kappa shape index (κ3) is 3.15. The number of nitrogens with one attached hydrogen (secondary N) is 1. The molecule has 0 spiro atoms. The maximum atomic E-state index is 11.1. The predicted molar refractivity (Wildman–Crippen MR) is 75.1 cm³/mol. The van der Waals surface area contributed by atoms with Gasteiger partial charge in [0.15, 0.2) is 5.13 Å². The zero-order valence-corrected chi connectivity index (χ0v) is 11.6. The van der Waals surface area contributed by atoms with Crippen LogP contribution in [0.2, 0.25) is 0 Å². The van der Waals surface area contributed by atoms with Crippen LogP contribution >= 0.6 is 22.9 Å². The second-order valence-electron chi connectivity index (χ2n) is 3.60. The van der Waals surface area contributed by atoms with E-state index in [-0.39, 0.29) is 17.5 Å². The van der Waals surface area contributed by atoms with E-state index in [2.05, 4.69) is 10.3 Å². The molecule has 0 saturated carbocycles. The summed E-state index contributed by atoms with van der Waals surface area (Å²) in [5, 5.41) is 14.6. The number of hydrogen-bond donors (Lipinski definition) is 2. The van der Waals surface area contributed by atoms with Crippen molar-refractivity contribution in [2.75, 3.05) is 18.3 Å². The standard InChI is InChI=1S/C12H11ClN2O3S/c1-18-7-2-3-8(10(16)4-7)9-6-19-12(14-9)15-11(17)5-13/h2-4,6,16H,5H2,1H3,(H,14,15,17). The Hall–Kier alpha value is -1.79. The average Bonchev–Trinajstić information content (AvgIpc) is 2.86. The first kappa shape index (κ1) is 13.6. The quantitative estimate of drug-likeness (QED) is 0.851. The van der Waals surface area contributed by atoms with Gasteiger partial charge in [0, 0.05) is 17.0 Å². The summed E-state index contributed by atoms with van der Waals surface area (Å²) in [5.74, 6) is 0.191. The van der Waals surface area contributed by atoms with E-state index in [0.717, 1.165) is 0 Å². The summed E-state index contributed by atoms with van der Waals surface area (Å²) in [5.41, 5.74) is 1.15. The number of alkyl halides is 1. The molecule has 0 saturated heterocycles. The lowest BCUT2D eigenvalue weighted by Crippen LogP contribution is -2.12. The zero-order valence-electron chi connectivity index (χ0n) is 10.0. The van der Waals surface area contributed by atoms with Crippen LogP contribution in [0.15, 0.2) is 23.6 Å². The fraction of sp³-hybridized carbons (Fsp3) is 0.167. The number of methoxy groups -OCH3 is 1. The van der Waals surface area contributed by atoms with Crippen molar-refractivity contribution >= 4 is 34.0 Å². The first-order valence-corrected chi connectivity index (χ1v) is 6.74. The molecule has 2 rings (SSSR count). The number of carbonyl (C=O) groups is 1. The highest BCUT2D eigenvalue weighted by molar-refractivity contribution is 7.14. The van der Waals surface area contributed by atoms with Crippen molar-refractivity contribution in [2.24, 2.45) is 0 Å². The van der Waals surface area contributed by atoms with Gasteiger partial charge >= 0.3 is 0 Å². The maximum absolute atomic E-state index is 11.1. The first-order chi connectivity index (χ1) is 9.13. The Labute approximate surface area is 118 Å². The number of aromatic hydroxyl groups is 1. The van der Waals surface area contributed by atoms with E-state index in [1.54, 1.807) is 17.5 Å². The van der Waals surface area contributed by atoms with Crippen molar-refractivity contribution < 1.29 is 14.6 Å². The molecule has 0 radical (unpaired) electrons. The molecular formula is C12H11ClN2O3S. The topological polar surface area (TPSA) is 71.5 Å². The Morgan fingerprint density at radius 3 is 3.00 bits per heavy atom. The number of ether oxygens (including phenoxy) is 1. The number of nitrogens with zero attached hydrogens (tertiary/aromatic N) is 1. The number of phenolic OH excluding ortho intramolecular Hbond substituents is 1. The lowest BCUT2D eigenvalue weighted by atomic mass is 10.1. The molecule has 0 unspecified atom stereocenters. The molecule has 0 aliphatic heterocycles. The van der Waals surface area contributed by atoms with E-state index < -0.39 is 0 Å². The number of amides is 1. The highest BCUT2D eigenvalue weighted by atomic mass is 35.5. The van der Waals surface area contributed by atoms with Gasteiger partial charge in [-0.2, -0.15) is 0 Å². The van der Waals surface area contributed by atoms with Crippen LogP contribution in [0.1, 0.15) is 0 Å². The number of benzene rings is 1. The Kier molecular flexibility index (Phi) is 4.24. The van der Waals surface area contributed by atoms with Crippen molar-refractivity contribution in [3.8, 4) is 22.8 Å². The van der Waals surface area contributed by atoms with Gasteiger partial charge in [-0.1, -0.05) is 0 Å². The van der Waals surface area contributed by atoms with E-state index in [1.807, 2.05) is 0 Å². The summed E-state index contributed by atoms with van der Waals surface area (Å²) in [7, 11) is 1.52. The Bertz CT molecular complexity index is 600. The van der Waals surface area contributed by atoms with Crippen LogP contribution < -0.4 is 10.1 Å². The third-order valence-electron chi connectivity index (χ3n) is 2.35. The number of hydrogen-bond acceptors (Lipinski definition) is 5. The van der Waals surface area contributed by atoms with Crippen molar-refractivity contribution in [1.82, 2.24) is 4.98 Å². The van der Waals surface area contributed by atoms with Gasteiger partial charge in [-0.15, -0.1) is 22.9 Å². The molecule has 2 N–H and O–H groups in total. The second kappa shape index (κ2) is 5.90. The first-order valence-electron chi connectivity index (χ1n) is 5.32. The molecule has 0 fully saturated rings. The Balaban J connectivity index is 2.25. The lowest BCUT2D eigenvalue weighted by molar-refractivity contribution is -0.113. The number of aromatic nitrogens is 1. The van der Waals surface area contributed by atoms with E-state index in [0.29, 0.717) is 22.1 Å². The molecule has 1 heterocycles. The van der Waals surface area contributed by atoms with Gasteiger partial charge in [0.2, 0.25) is 5.91 Å². The van der Waals surface area contributed by atoms with E-state index in [9.17, 15) is 9.90 Å². The molecule has 100 valence electrons. The van der Waals surface area contributed by atoms with E-state index in [4.69, 9.17) is 16.3 Å². The zero-order chi connectivity index (χ0) is 13.8. The molecule has 2 aromatic rings. The molecule has 0 aliphatic rings. The van der Waals surface area contributed by atoms with Gasteiger partial charge in [-0.05, 0) is 12.1 Å². The minimum Gasteiger partial charge on any atom is -0.507 e. The minimum absolute atomic E-state index is 0.0693. The number of anilines is 1. The molecule has 1 amide bonds. The number of phenols is 1. The average molecular weight is 299 g/mol. The van der Waals surface area contributed by atoms with Crippen molar-refractivity contribution in [2.45, 2.75) is 0 Å². The molecule has 5 nitrogen and oxygen atoms in total. The number of halogens is 1. The van der Waals surface area contributed by atoms with Gasteiger partial charge in [-0.25, -0.2) is 4.98 Å². The molecule has 0 bridgehead atoms. The van der Waals surface area contributed by atoms with Crippen LogP contribution in [0, 0.1) is 0 Å². The van der Waals surface area contributed by atoms with Crippen molar-refractivity contribution in [3.63, 3.8) is 0 Å². The summed E-state index contributed by atoms with van der Waals surface area (Å²) < 4.78 is 5.01. The van der Waals surface area contributed by atoms with Crippen LogP contribution in [0.5, 0.6) is 11.5 Å². The van der Waals surface area contributed by atoms with Crippen molar-refractivity contribution in [1.29, 1.82) is 0 Å². The summed E-state index contributed by atoms with van der Waals surface area (Å²) in [6.07, 6.45) is 0. The van der Waals surface area contributed by atoms with Gasteiger partial charge in [-0.3, -0.25) is 4.79 Å². The molecule has 1 aromatic carbocycles. The number of carbonyl (C=O) groups excluding carboxylic acids is 1. The minimum atomic E-state index is -0.318. The maximum Gasteiger partial charge on any atom is 0.241 e. The molecule has 7 heteroatoms. The lowest BCUT2D eigenvalue weighted by Gasteiger charge is -2.04. The van der Waals surface area contributed by atoms with Crippen LogP contribution in [0.3, 0.4) is 0 Å². The van der Waals surface area contributed by atoms with Crippen LogP contribution in [0.25, 0.3) is 11.3 Å². The van der Waals surface area contributed by atoms with Gasteiger partial charge < -0.3 is 15.2 Å². The van der Waals surface area contributed by atoms with Crippen LogP contribution in [-0.2, 0) is 4.79 Å². The van der Waals surface area contributed by atoms with Gasteiger partial charge in [0.1, 0.15) is 17.4 Å². The molecular weight excluding hydrogens is 288 g/mol. The van der Waals surface area contributed by atoms with E-state index in [1.165, 1.54) is 24.5 Å². The Morgan fingerprint density at radius 1 is 1.58 bits per heavy atom. The van der Waals surface area contributed by atoms with Crippen LogP contribution in [-0.4, -0.2) is 29.0 Å². The van der Waals surface area contributed by atoms with Crippen LogP contribution in [0.4, 0.5) is 5.13 Å². The highest BCUT2D eigenvalue weighted by Crippen LogP contribution is 2.33. The number of thiazole rings is 1. The summed E-state index contributed by atoms with van der Waals surface area (Å²) >= 11 is 6.66. The predicted octanol–water partition coefficient (Wildman–Crippen LogP) is 2.70. The fourth-order valence-electron chi connectivity index (χ4n) is 1.46. The number of rotatable bonds is 4. The fourth-order valence-corrected chi connectivity index (χ4v) is 2.26. The Morgan fingerprint density at radius 2 is 2.37 bits per heavy atom. The molecule has 0 aliphatic carbocycles. The third-order valence-corrected chi connectivity index (χ3v) is 3.35. The smallest absolute Gasteiger partial charge is 0.241 e. The molecule has 1 aromatic heterocycles. The highest BCUT2D eigenvalue weighted by Gasteiger charge is 2.11. The molecule has 0 atom stereocenters. The summed E-state index contributed by atoms with van der Waals surface area (Å²) in [4.78, 5) is 15.3.